The highest BCUT2D eigenvalue weighted by molar-refractivity contribution is 5.79. The molecule has 5 heteroatoms. The Hall–Kier alpha value is -1.49. The van der Waals surface area contributed by atoms with Crippen molar-refractivity contribution in [2.45, 2.75) is 33.1 Å². The van der Waals surface area contributed by atoms with Gasteiger partial charge in [0.1, 0.15) is 5.76 Å². The fourth-order valence-electron chi connectivity index (χ4n) is 2.69. The van der Waals surface area contributed by atoms with E-state index in [4.69, 9.17) is 4.42 Å². The summed E-state index contributed by atoms with van der Waals surface area (Å²) in [5.74, 6) is 2.80. The van der Waals surface area contributed by atoms with Gasteiger partial charge in [-0.3, -0.25) is 4.99 Å². The van der Waals surface area contributed by atoms with E-state index in [1.807, 2.05) is 12.1 Å². The normalized spacial score (nSPS) is 17.6. The van der Waals surface area contributed by atoms with Crippen LogP contribution in [0.15, 0.2) is 27.8 Å². The van der Waals surface area contributed by atoms with E-state index in [2.05, 4.69) is 34.4 Å². The van der Waals surface area contributed by atoms with Crippen LogP contribution in [-0.4, -0.2) is 50.1 Å². The highest BCUT2D eigenvalue weighted by Crippen LogP contribution is 2.15. The third-order valence-electron chi connectivity index (χ3n) is 4.15. The van der Waals surface area contributed by atoms with E-state index in [0.29, 0.717) is 0 Å². The number of hydrogen-bond donors (Lipinski definition) is 2. The number of guanidine groups is 1. The molecule has 124 valence electrons. The summed E-state index contributed by atoms with van der Waals surface area (Å²) >= 11 is 0. The molecule has 0 unspecified atom stereocenters. The van der Waals surface area contributed by atoms with Gasteiger partial charge < -0.3 is 20.0 Å². The second-order valence-electron chi connectivity index (χ2n) is 6.04. The Bertz CT molecular complexity index is 422. The van der Waals surface area contributed by atoms with Gasteiger partial charge in [0.05, 0.1) is 12.8 Å². The summed E-state index contributed by atoms with van der Waals surface area (Å²) in [7, 11) is 0. The highest BCUT2D eigenvalue weighted by atomic mass is 16.3. The van der Waals surface area contributed by atoms with Gasteiger partial charge >= 0.3 is 0 Å². The van der Waals surface area contributed by atoms with Gasteiger partial charge in [0.25, 0.3) is 0 Å². The molecule has 1 aliphatic heterocycles. The number of aliphatic imine (C=N–C) groups is 1. The molecule has 2 rings (SSSR count). The molecule has 1 fully saturated rings. The number of hydrogen-bond acceptors (Lipinski definition) is 3. The van der Waals surface area contributed by atoms with Crippen molar-refractivity contribution in [3.63, 3.8) is 0 Å². The molecule has 22 heavy (non-hydrogen) atoms. The third-order valence-corrected chi connectivity index (χ3v) is 4.15. The Morgan fingerprint density at radius 3 is 2.86 bits per heavy atom. The van der Waals surface area contributed by atoms with Crippen molar-refractivity contribution in [3.8, 4) is 0 Å². The zero-order valence-corrected chi connectivity index (χ0v) is 14.0. The van der Waals surface area contributed by atoms with E-state index in [1.165, 1.54) is 25.9 Å². The molecule has 0 atom stereocenters. The van der Waals surface area contributed by atoms with Crippen molar-refractivity contribution in [2.75, 3.05) is 39.3 Å². The zero-order chi connectivity index (χ0) is 15.6. The molecule has 1 aliphatic rings. The first kappa shape index (κ1) is 16.9. The number of nitrogens with zero attached hydrogens (tertiary/aromatic N) is 2. The maximum Gasteiger partial charge on any atom is 0.191 e. The topological polar surface area (TPSA) is 52.8 Å². The Kier molecular flexibility index (Phi) is 7.30. The van der Waals surface area contributed by atoms with Gasteiger partial charge in [-0.1, -0.05) is 6.92 Å². The molecule has 0 spiro atoms. The van der Waals surface area contributed by atoms with Crippen LogP contribution in [0, 0.1) is 5.92 Å². The van der Waals surface area contributed by atoms with Crippen LogP contribution >= 0.6 is 0 Å². The first-order chi connectivity index (χ1) is 10.8. The summed E-state index contributed by atoms with van der Waals surface area (Å²) in [6, 6.07) is 3.93. The molecule has 0 amide bonds. The quantitative estimate of drug-likeness (QED) is 0.598. The van der Waals surface area contributed by atoms with Gasteiger partial charge in [0.15, 0.2) is 5.96 Å². The summed E-state index contributed by atoms with van der Waals surface area (Å²) in [4.78, 5) is 7.19. The second kappa shape index (κ2) is 9.51. The number of piperidine rings is 1. The van der Waals surface area contributed by atoms with Crippen LogP contribution in [0.2, 0.25) is 0 Å². The van der Waals surface area contributed by atoms with E-state index in [1.54, 1.807) is 6.26 Å². The van der Waals surface area contributed by atoms with Gasteiger partial charge in [-0.2, -0.15) is 0 Å². The summed E-state index contributed by atoms with van der Waals surface area (Å²) < 4.78 is 5.34. The van der Waals surface area contributed by atoms with Crippen LogP contribution in [0.1, 0.15) is 32.4 Å². The highest BCUT2D eigenvalue weighted by Gasteiger charge is 2.14. The fraction of sp³-hybridized carbons (Fsp3) is 0.706. The van der Waals surface area contributed by atoms with Gasteiger partial charge in [0.2, 0.25) is 0 Å². The van der Waals surface area contributed by atoms with Crippen molar-refractivity contribution in [3.05, 3.63) is 24.2 Å². The Labute approximate surface area is 134 Å². The molecule has 0 radical (unpaired) electrons. The van der Waals surface area contributed by atoms with Crippen LogP contribution in [0.25, 0.3) is 0 Å². The largest absolute Gasteiger partial charge is 0.469 e. The van der Waals surface area contributed by atoms with Gasteiger partial charge in [-0.05, 0) is 50.9 Å². The van der Waals surface area contributed by atoms with Crippen molar-refractivity contribution in [1.29, 1.82) is 0 Å². The lowest BCUT2D eigenvalue weighted by molar-refractivity contribution is 0.197. The smallest absolute Gasteiger partial charge is 0.191 e. The molecule has 0 saturated carbocycles. The summed E-state index contributed by atoms with van der Waals surface area (Å²) in [5.41, 5.74) is 0. The van der Waals surface area contributed by atoms with Crippen LogP contribution in [0.5, 0.6) is 0 Å². The lowest BCUT2D eigenvalue weighted by Gasteiger charge is -2.29. The lowest BCUT2D eigenvalue weighted by atomic mass is 9.99. The Morgan fingerprint density at radius 2 is 2.18 bits per heavy atom. The van der Waals surface area contributed by atoms with Crippen molar-refractivity contribution >= 4 is 5.96 Å². The first-order valence-corrected chi connectivity index (χ1v) is 8.55. The van der Waals surface area contributed by atoms with Crippen LogP contribution in [0.3, 0.4) is 0 Å². The molecule has 2 heterocycles. The van der Waals surface area contributed by atoms with Gasteiger partial charge in [0, 0.05) is 26.1 Å². The summed E-state index contributed by atoms with van der Waals surface area (Å²) in [6.07, 6.45) is 5.24. The molecule has 0 aromatic carbocycles. The average Bonchev–Trinajstić information content (AvgIpc) is 3.02. The number of furan rings is 1. The minimum atomic E-state index is 0.834. The molecule has 1 aromatic heterocycles. The monoisotopic (exact) mass is 306 g/mol. The van der Waals surface area contributed by atoms with E-state index in [-0.39, 0.29) is 0 Å². The standard InChI is InChI=1S/C17H30N4O/c1-3-18-17(19-9-6-16-5-4-14-22-16)20-10-13-21-11-7-15(2)8-12-21/h4-5,14-15H,3,6-13H2,1-2H3,(H2,18,19,20). The molecular weight excluding hydrogens is 276 g/mol. The molecule has 2 N–H and O–H groups in total. The van der Waals surface area contributed by atoms with E-state index in [9.17, 15) is 0 Å². The average molecular weight is 306 g/mol. The molecule has 5 nitrogen and oxygen atoms in total. The van der Waals surface area contributed by atoms with E-state index >= 15 is 0 Å². The maximum absolute atomic E-state index is 5.34. The summed E-state index contributed by atoms with van der Waals surface area (Å²) in [6.45, 7) is 10.5. The van der Waals surface area contributed by atoms with Crippen molar-refractivity contribution in [2.24, 2.45) is 10.9 Å². The molecular formula is C17H30N4O. The van der Waals surface area contributed by atoms with Gasteiger partial charge in [-0.15, -0.1) is 0 Å². The number of rotatable bonds is 7. The Balaban J connectivity index is 1.67. The van der Waals surface area contributed by atoms with E-state index in [0.717, 1.165) is 50.2 Å². The van der Waals surface area contributed by atoms with Crippen LogP contribution in [-0.2, 0) is 6.42 Å². The SMILES string of the molecule is CCNC(=NCCN1CCC(C)CC1)NCCc1ccco1. The van der Waals surface area contributed by atoms with Crippen LogP contribution < -0.4 is 10.6 Å². The number of likely N-dealkylation sites (tertiary alicyclic amines) is 1. The first-order valence-electron chi connectivity index (χ1n) is 8.55. The summed E-state index contributed by atoms with van der Waals surface area (Å²) in [5, 5.41) is 6.66. The van der Waals surface area contributed by atoms with Crippen molar-refractivity contribution < 1.29 is 4.42 Å². The number of nitrogens with one attached hydrogen (secondary N) is 2. The predicted octanol–water partition coefficient (Wildman–Crippen LogP) is 2.11. The fourth-order valence-corrected chi connectivity index (χ4v) is 2.69. The Morgan fingerprint density at radius 1 is 1.36 bits per heavy atom. The predicted molar refractivity (Wildman–Crippen MR) is 91.2 cm³/mol. The van der Waals surface area contributed by atoms with E-state index < -0.39 is 0 Å². The minimum Gasteiger partial charge on any atom is -0.469 e. The van der Waals surface area contributed by atoms with Gasteiger partial charge in [-0.25, -0.2) is 0 Å². The maximum atomic E-state index is 5.34. The minimum absolute atomic E-state index is 0.834. The molecule has 0 bridgehead atoms. The molecule has 1 saturated heterocycles. The third kappa shape index (κ3) is 6.10. The molecule has 1 aromatic rings. The molecule has 0 aliphatic carbocycles. The lowest BCUT2D eigenvalue weighted by Crippen LogP contribution is -2.39. The second-order valence-corrected chi connectivity index (χ2v) is 6.04. The van der Waals surface area contributed by atoms with Crippen molar-refractivity contribution in [1.82, 2.24) is 15.5 Å². The van der Waals surface area contributed by atoms with Crippen LogP contribution in [0.4, 0.5) is 0 Å². The zero-order valence-electron chi connectivity index (χ0n) is 14.0.